The summed E-state index contributed by atoms with van der Waals surface area (Å²) in [5, 5.41) is 0.917. The molecule has 0 atom stereocenters. The number of nitrogens with zero attached hydrogens (tertiary/aromatic N) is 1. The van der Waals surface area contributed by atoms with Crippen molar-refractivity contribution in [3.8, 4) is 16.9 Å². The van der Waals surface area contributed by atoms with Crippen molar-refractivity contribution in [1.82, 2.24) is 0 Å². The molecule has 4 heteroatoms. The topological polar surface area (TPSA) is 42.7 Å². The average Bonchev–Trinajstić information content (AvgIpc) is 2.78. The molecule has 0 saturated heterocycles. The van der Waals surface area contributed by atoms with E-state index in [2.05, 4.69) is 43.0 Å². The Hall–Kier alpha value is -3.53. The van der Waals surface area contributed by atoms with Gasteiger partial charge in [0, 0.05) is 17.1 Å². The molecule has 0 N–H and O–H groups in total. The highest BCUT2D eigenvalue weighted by Gasteiger charge is 2.23. The smallest absolute Gasteiger partial charge is 0.336 e. The number of fused-ring (bicyclic) bond motifs is 3. The van der Waals surface area contributed by atoms with Crippen LogP contribution in [0.4, 0.5) is 5.69 Å². The monoisotopic (exact) mass is 397 g/mol. The van der Waals surface area contributed by atoms with Crippen molar-refractivity contribution < 1.29 is 9.15 Å². The lowest BCUT2D eigenvalue weighted by atomic mass is 9.99. The highest BCUT2D eigenvalue weighted by Crippen LogP contribution is 2.37. The van der Waals surface area contributed by atoms with Gasteiger partial charge in [-0.3, -0.25) is 0 Å². The van der Waals surface area contributed by atoms with Crippen molar-refractivity contribution >= 4 is 16.7 Å². The third kappa shape index (κ3) is 3.24. The standard InChI is InChI=1S/C26H23NO3/c1-17(2)18-8-10-20(11-9-18)27-15-23-24(29-16-27)13-12-21-22(14-25(28)30-26(21)23)19-6-4-3-5-7-19/h3-14,17H,15-16H2,1-2H3. The summed E-state index contributed by atoms with van der Waals surface area (Å²) in [6.45, 7) is 5.46. The second-order valence-electron chi connectivity index (χ2n) is 7.98. The van der Waals surface area contributed by atoms with Crippen LogP contribution in [-0.2, 0) is 6.54 Å². The average molecular weight is 397 g/mol. The minimum Gasteiger partial charge on any atom is -0.473 e. The second kappa shape index (κ2) is 7.38. The molecule has 0 saturated carbocycles. The molecule has 4 nitrogen and oxygen atoms in total. The van der Waals surface area contributed by atoms with Crippen molar-refractivity contribution in [2.24, 2.45) is 0 Å². The number of hydrogen-bond acceptors (Lipinski definition) is 4. The Morgan fingerprint density at radius 1 is 0.933 bits per heavy atom. The zero-order valence-electron chi connectivity index (χ0n) is 17.1. The lowest BCUT2D eigenvalue weighted by Gasteiger charge is -2.31. The Kier molecular flexibility index (Phi) is 4.55. The lowest BCUT2D eigenvalue weighted by Crippen LogP contribution is -2.32. The van der Waals surface area contributed by atoms with Crippen LogP contribution >= 0.6 is 0 Å². The first-order valence-electron chi connectivity index (χ1n) is 10.2. The van der Waals surface area contributed by atoms with Crippen LogP contribution in [0.25, 0.3) is 22.1 Å². The van der Waals surface area contributed by atoms with E-state index in [4.69, 9.17) is 9.15 Å². The third-order valence-corrected chi connectivity index (χ3v) is 5.71. The zero-order valence-corrected chi connectivity index (χ0v) is 17.1. The Labute approximate surface area is 175 Å². The van der Waals surface area contributed by atoms with Crippen molar-refractivity contribution in [3.63, 3.8) is 0 Å². The summed E-state index contributed by atoms with van der Waals surface area (Å²) in [4.78, 5) is 14.5. The molecule has 2 heterocycles. The van der Waals surface area contributed by atoms with Gasteiger partial charge in [0.1, 0.15) is 11.3 Å². The predicted molar refractivity (Wildman–Crippen MR) is 120 cm³/mol. The molecule has 1 aliphatic heterocycles. The molecule has 0 bridgehead atoms. The third-order valence-electron chi connectivity index (χ3n) is 5.71. The number of hydrogen-bond donors (Lipinski definition) is 0. The van der Waals surface area contributed by atoms with E-state index in [0.29, 0.717) is 24.8 Å². The van der Waals surface area contributed by atoms with Crippen molar-refractivity contribution in [1.29, 1.82) is 0 Å². The molecule has 150 valence electrons. The number of anilines is 1. The summed E-state index contributed by atoms with van der Waals surface area (Å²) in [7, 11) is 0. The maximum absolute atomic E-state index is 12.4. The fourth-order valence-electron chi connectivity index (χ4n) is 4.03. The number of ether oxygens (including phenoxy) is 1. The normalized spacial score (nSPS) is 13.4. The van der Waals surface area contributed by atoms with Crippen LogP contribution in [0.2, 0.25) is 0 Å². The van der Waals surface area contributed by atoms with E-state index in [1.807, 2.05) is 42.5 Å². The molecule has 3 aromatic carbocycles. The van der Waals surface area contributed by atoms with E-state index < -0.39 is 0 Å². The van der Waals surface area contributed by atoms with E-state index >= 15 is 0 Å². The van der Waals surface area contributed by atoms with Crippen LogP contribution in [0.5, 0.6) is 5.75 Å². The molecule has 0 unspecified atom stereocenters. The van der Waals surface area contributed by atoms with Gasteiger partial charge in [-0.15, -0.1) is 0 Å². The van der Waals surface area contributed by atoms with Gasteiger partial charge in [0.2, 0.25) is 0 Å². The quantitative estimate of drug-likeness (QED) is 0.401. The van der Waals surface area contributed by atoms with Gasteiger partial charge < -0.3 is 14.1 Å². The van der Waals surface area contributed by atoms with Crippen molar-refractivity contribution in [3.05, 3.63) is 94.3 Å². The highest BCUT2D eigenvalue weighted by molar-refractivity contribution is 5.96. The molecule has 4 aromatic rings. The second-order valence-corrected chi connectivity index (χ2v) is 7.98. The highest BCUT2D eigenvalue weighted by atomic mass is 16.5. The van der Waals surface area contributed by atoms with E-state index in [1.165, 1.54) is 5.56 Å². The Morgan fingerprint density at radius 2 is 1.70 bits per heavy atom. The summed E-state index contributed by atoms with van der Waals surface area (Å²) in [5.74, 6) is 1.26. The number of rotatable bonds is 3. The maximum atomic E-state index is 12.4. The summed E-state index contributed by atoms with van der Waals surface area (Å²) in [6.07, 6.45) is 0. The Bertz CT molecular complexity index is 1260. The van der Waals surface area contributed by atoms with Gasteiger partial charge in [0.05, 0.1) is 12.1 Å². The first-order valence-corrected chi connectivity index (χ1v) is 10.2. The molecular formula is C26H23NO3. The van der Waals surface area contributed by atoms with Crippen molar-refractivity contribution in [2.45, 2.75) is 26.3 Å². The molecule has 30 heavy (non-hydrogen) atoms. The number of benzene rings is 3. The van der Waals surface area contributed by atoms with Gasteiger partial charge in [0.15, 0.2) is 6.73 Å². The molecule has 0 amide bonds. The Balaban J connectivity index is 1.59. The fraction of sp³-hybridized carbons (Fsp3) is 0.192. The molecule has 1 aromatic heterocycles. The van der Waals surface area contributed by atoms with Crippen LogP contribution in [-0.4, -0.2) is 6.73 Å². The SMILES string of the molecule is CC(C)c1ccc(N2COc3ccc4c(-c5ccccc5)cc(=O)oc4c3C2)cc1. The molecule has 5 rings (SSSR count). The van der Waals surface area contributed by atoms with Gasteiger partial charge >= 0.3 is 5.63 Å². The van der Waals surface area contributed by atoms with E-state index in [-0.39, 0.29) is 5.63 Å². The molecule has 0 radical (unpaired) electrons. The maximum Gasteiger partial charge on any atom is 0.336 e. The van der Waals surface area contributed by atoms with Crippen LogP contribution in [0.15, 0.2) is 82.0 Å². The Morgan fingerprint density at radius 3 is 2.43 bits per heavy atom. The van der Waals surface area contributed by atoms with Gasteiger partial charge in [-0.2, -0.15) is 0 Å². The van der Waals surface area contributed by atoms with E-state index in [0.717, 1.165) is 33.5 Å². The molecule has 0 aliphatic carbocycles. The summed E-state index contributed by atoms with van der Waals surface area (Å²) >= 11 is 0. The molecule has 0 fully saturated rings. The van der Waals surface area contributed by atoms with E-state index in [9.17, 15) is 4.79 Å². The van der Waals surface area contributed by atoms with E-state index in [1.54, 1.807) is 6.07 Å². The van der Waals surface area contributed by atoms with Crippen LogP contribution in [0, 0.1) is 0 Å². The van der Waals surface area contributed by atoms with Crippen LogP contribution < -0.4 is 15.3 Å². The van der Waals surface area contributed by atoms with Crippen molar-refractivity contribution in [2.75, 3.05) is 11.6 Å². The van der Waals surface area contributed by atoms with Crippen LogP contribution in [0.1, 0.15) is 30.9 Å². The van der Waals surface area contributed by atoms with Gasteiger partial charge in [-0.05, 0) is 46.9 Å². The summed E-state index contributed by atoms with van der Waals surface area (Å²) in [5.41, 5.74) is 5.41. The first-order chi connectivity index (χ1) is 14.6. The van der Waals surface area contributed by atoms with Gasteiger partial charge in [-0.25, -0.2) is 4.79 Å². The zero-order chi connectivity index (χ0) is 20.7. The molecule has 0 spiro atoms. The van der Waals surface area contributed by atoms with Gasteiger partial charge in [0.25, 0.3) is 0 Å². The minimum absolute atomic E-state index is 0.354. The molecular weight excluding hydrogens is 374 g/mol. The summed E-state index contributed by atoms with van der Waals surface area (Å²) < 4.78 is 11.7. The van der Waals surface area contributed by atoms with Gasteiger partial charge in [-0.1, -0.05) is 56.3 Å². The van der Waals surface area contributed by atoms with Crippen LogP contribution in [0.3, 0.4) is 0 Å². The fourth-order valence-corrected chi connectivity index (χ4v) is 4.03. The predicted octanol–water partition coefficient (Wildman–Crippen LogP) is 5.94. The molecule has 1 aliphatic rings. The largest absolute Gasteiger partial charge is 0.473 e. The lowest BCUT2D eigenvalue weighted by molar-refractivity contribution is 0.289. The summed E-state index contributed by atoms with van der Waals surface area (Å²) in [6, 6.07) is 24.0. The minimum atomic E-state index is -0.354. The first kappa shape index (κ1) is 18.5.